The Morgan fingerprint density at radius 1 is 1.60 bits per heavy atom. The molecule has 10 heavy (non-hydrogen) atoms. The topological polar surface area (TPSA) is 12.0 Å². The van der Waals surface area contributed by atoms with Gasteiger partial charge < -0.3 is 5.32 Å². The van der Waals surface area contributed by atoms with Gasteiger partial charge in [0.05, 0.1) is 6.54 Å². The zero-order valence-electron chi connectivity index (χ0n) is 6.61. The lowest BCUT2D eigenvalue weighted by Gasteiger charge is -1.95. The van der Waals surface area contributed by atoms with E-state index in [1.807, 2.05) is 13.0 Å². The summed E-state index contributed by atoms with van der Waals surface area (Å²) in [6.45, 7) is 7.35. The lowest BCUT2D eigenvalue weighted by Crippen LogP contribution is -2.14. The van der Waals surface area contributed by atoms with E-state index in [0.29, 0.717) is 0 Å². The summed E-state index contributed by atoms with van der Waals surface area (Å²) in [6.07, 6.45) is 4.19. The Hall–Kier alpha value is -0.740. The van der Waals surface area contributed by atoms with Gasteiger partial charge in [-0.15, -0.1) is 12.5 Å². The van der Waals surface area contributed by atoms with Gasteiger partial charge in [-0.3, -0.25) is 0 Å². The Bertz CT molecular complexity index is 127. The maximum Gasteiger partial charge on any atom is 0.0576 e. The van der Waals surface area contributed by atoms with Crippen LogP contribution in [-0.4, -0.2) is 13.1 Å². The molecule has 0 heterocycles. The first kappa shape index (κ1) is 9.26. The van der Waals surface area contributed by atoms with Gasteiger partial charge in [0.2, 0.25) is 0 Å². The van der Waals surface area contributed by atoms with E-state index in [1.165, 1.54) is 0 Å². The van der Waals surface area contributed by atoms with Crippen LogP contribution in [0.15, 0.2) is 12.7 Å². The highest BCUT2D eigenvalue weighted by Gasteiger charge is 1.80. The van der Waals surface area contributed by atoms with Gasteiger partial charge in [-0.25, -0.2) is 0 Å². The van der Waals surface area contributed by atoms with Crippen LogP contribution in [0.1, 0.15) is 19.8 Å². The normalized spacial score (nSPS) is 8.10. The minimum atomic E-state index is 0.813. The van der Waals surface area contributed by atoms with E-state index in [2.05, 4.69) is 23.7 Å². The summed E-state index contributed by atoms with van der Waals surface area (Å²) < 4.78 is 0. The maximum atomic E-state index is 3.64. The average Bonchev–Trinajstić information content (AvgIpc) is 1.97. The second kappa shape index (κ2) is 8.26. The van der Waals surface area contributed by atoms with Crippen molar-refractivity contribution in [3.8, 4) is 11.8 Å². The highest BCUT2D eigenvalue weighted by molar-refractivity contribution is 4.96. The SMILES string of the molecule is C=CCCCNCC#CC. The van der Waals surface area contributed by atoms with Crippen LogP contribution in [0.3, 0.4) is 0 Å². The molecule has 1 nitrogen and oxygen atoms in total. The van der Waals surface area contributed by atoms with Crippen LogP contribution < -0.4 is 5.32 Å². The van der Waals surface area contributed by atoms with Gasteiger partial charge in [-0.1, -0.05) is 12.0 Å². The van der Waals surface area contributed by atoms with E-state index < -0.39 is 0 Å². The molecule has 0 radical (unpaired) electrons. The highest BCUT2D eigenvalue weighted by atomic mass is 14.8. The monoisotopic (exact) mass is 137 g/mol. The van der Waals surface area contributed by atoms with Crippen molar-refractivity contribution in [3.63, 3.8) is 0 Å². The summed E-state index contributed by atoms with van der Waals surface area (Å²) in [6, 6.07) is 0. The van der Waals surface area contributed by atoms with Crippen LogP contribution in [-0.2, 0) is 0 Å². The van der Waals surface area contributed by atoms with Crippen LogP contribution in [0, 0.1) is 11.8 Å². The first-order valence-corrected chi connectivity index (χ1v) is 3.63. The Labute approximate surface area is 63.5 Å². The number of rotatable bonds is 5. The molecule has 0 aliphatic heterocycles. The van der Waals surface area contributed by atoms with Crippen molar-refractivity contribution in [2.75, 3.05) is 13.1 Å². The molecule has 0 aromatic carbocycles. The molecular weight excluding hydrogens is 122 g/mol. The van der Waals surface area contributed by atoms with Crippen LogP contribution >= 0.6 is 0 Å². The van der Waals surface area contributed by atoms with E-state index in [0.717, 1.165) is 25.9 Å². The molecule has 0 spiro atoms. The molecule has 0 aliphatic rings. The van der Waals surface area contributed by atoms with Gasteiger partial charge in [-0.2, -0.15) is 0 Å². The third-order valence-electron chi connectivity index (χ3n) is 1.15. The molecule has 0 bridgehead atoms. The summed E-state index contributed by atoms with van der Waals surface area (Å²) in [5.41, 5.74) is 0. The van der Waals surface area contributed by atoms with Crippen molar-refractivity contribution >= 4 is 0 Å². The van der Waals surface area contributed by atoms with Crippen molar-refractivity contribution in [1.82, 2.24) is 5.32 Å². The fourth-order valence-corrected chi connectivity index (χ4v) is 0.611. The van der Waals surface area contributed by atoms with Gasteiger partial charge in [0, 0.05) is 0 Å². The van der Waals surface area contributed by atoms with Crippen LogP contribution in [0.5, 0.6) is 0 Å². The first-order chi connectivity index (χ1) is 4.91. The summed E-state index contributed by atoms with van der Waals surface area (Å²) in [7, 11) is 0. The van der Waals surface area contributed by atoms with Gasteiger partial charge in [0.1, 0.15) is 0 Å². The molecule has 0 rings (SSSR count). The standard InChI is InChI=1S/C9H15N/c1-3-5-7-9-10-8-6-4-2/h3,10H,1,5,7-9H2,2H3. The molecule has 56 valence electrons. The average molecular weight is 137 g/mol. The zero-order chi connectivity index (χ0) is 7.66. The third kappa shape index (κ3) is 7.26. The lowest BCUT2D eigenvalue weighted by atomic mass is 10.3. The summed E-state index contributed by atoms with van der Waals surface area (Å²) in [4.78, 5) is 0. The minimum Gasteiger partial charge on any atom is -0.306 e. The molecule has 1 heteroatoms. The second-order valence-corrected chi connectivity index (χ2v) is 2.03. The van der Waals surface area contributed by atoms with Crippen LogP contribution in [0.25, 0.3) is 0 Å². The van der Waals surface area contributed by atoms with Crippen LogP contribution in [0.2, 0.25) is 0 Å². The highest BCUT2D eigenvalue weighted by Crippen LogP contribution is 1.84. The Morgan fingerprint density at radius 2 is 2.40 bits per heavy atom. The lowest BCUT2D eigenvalue weighted by molar-refractivity contribution is 0.707. The van der Waals surface area contributed by atoms with E-state index in [9.17, 15) is 0 Å². The smallest absolute Gasteiger partial charge is 0.0576 e. The fraction of sp³-hybridized carbons (Fsp3) is 0.556. The number of allylic oxidation sites excluding steroid dienone is 1. The molecular formula is C9H15N. The van der Waals surface area contributed by atoms with Gasteiger partial charge >= 0.3 is 0 Å². The number of hydrogen-bond acceptors (Lipinski definition) is 1. The number of nitrogens with one attached hydrogen (secondary N) is 1. The van der Waals surface area contributed by atoms with Crippen molar-refractivity contribution < 1.29 is 0 Å². The number of unbranched alkanes of at least 4 members (excludes halogenated alkanes) is 1. The van der Waals surface area contributed by atoms with Gasteiger partial charge in [0.25, 0.3) is 0 Å². The van der Waals surface area contributed by atoms with E-state index in [4.69, 9.17) is 0 Å². The Kier molecular flexibility index (Phi) is 7.65. The predicted octanol–water partition coefficient (Wildman–Crippen LogP) is 1.57. The van der Waals surface area contributed by atoms with E-state index in [1.54, 1.807) is 0 Å². The maximum absolute atomic E-state index is 3.64. The predicted molar refractivity (Wildman–Crippen MR) is 45.8 cm³/mol. The van der Waals surface area contributed by atoms with E-state index >= 15 is 0 Å². The number of hydrogen-bond donors (Lipinski definition) is 1. The largest absolute Gasteiger partial charge is 0.306 e. The molecule has 0 aromatic rings. The molecule has 0 atom stereocenters. The quantitative estimate of drug-likeness (QED) is 0.344. The Balaban J connectivity index is 2.88. The molecule has 0 unspecified atom stereocenters. The van der Waals surface area contributed by atoms with Crippen LogP contribution in [0.4, 0.5) is 0 Å². The first-order valence-electron chi connectivity index (χ1n) is 3.63. The van der Waals surface area contributed by atoms with Gasteiger partial charge in [-0.05, 0) is 26.3 Å². The molecule has 0 saturated carbocycles. The molecule has 0 saturated heterocycles. The fourth-order valence-electron chi connectivity index (χ4n) is 0.611. The third-order valence-corrected chi connectivity index (χ3v) is 1.15. The molecule has 1 N–H and O–H groups in total. The summed E-state index contributed by atoms with van der Waals surface area (Å²) >= 11 is 0. The van der Waals surface area contributed by atoms with Crippen molar-refractivity contribution in [1.29, 1.82) is 0 Å². The molecule has 0 fully saturated rings. The van der Waals surface area contributed by atoms with Crippen molar-refractivity contribution in [2.45, 2.75) is 19.8 Å². The second-order valence-electron chi connectivity index (χ2n) is 2.03. The van der Waals surface area contributed by atoms with Crippen molar-refractivity contribution in [3.05, 3.63) is 12.7 Å². The van der Waals surface area contributed by atoms with Crippen molar-refractivity contribution in [2.24, 2.45) is 0 Å². The summed E-state index contributed by atoms with van der Waals surface area (Å²) in [5, 5.41) is 3.20. The zero-order valence-corrected chi connectivity index (χ0v) is 6.61. The Morgan fingerprint density at radius 3 is 3.00 bits per heavy atom. The molecule has 0 aromatic heterocycles. The molecule has 0 amide bonds. The van der Waals surface area contributed by atoms with E-state index in [-0.39, 0.29) is 0 Å². The summed E-state index contributed by atoms with van der Waals surface area (Å²) in [5.74, 6) is 5.76. The van der Waals surface area contributed by atoms with Gasteiger partial charge in [0.15, 0.2) is 0 Å². The molecule has 0 aliphatic carbocycles. The minimum absolute atomic E-state index is 0.813.